The quantitative estimate of drug-likeness (QED) is 0.817. The van der Waals surface area contributed by atoms with Crippen LogP contribution in [-0.2, 0) is 0 Å². The van der Waals surface area contributed by atoms with Crippen LogP contribution in [0.1, 0.15) is 38.9 Å². The Kier molecular flexibility index (Phi) is 4.05. The lowest BCUT2D eigenvalue weighted by Gasteiger charge is -2.23. The summed E-state index contributed by atoms with van der Waals surface area (Å²) >= 11 is 11.9. The van der Waals surface area contributed by atoms with Crippen LogP contribution in [0.3, 0.4) is 0 Å². The van der Waals surface area contributed by atoms with E-state index in [4.69, 9.17) is 23.2 Å². The fourth-order valence-corrected chi connectivity index (χ4v) is 1.90. The molecule has 0 heterocycles. The van der Waals surface area contributed by atoms with Gasteiger partial charge < -0.3 is 5.11 Å². The van der Waals surface area contributed by atoms with Crippen molar-refractivity contribution >= 4 is 23.2 Å². The lowest BCUT2D eigenvalue weighted by Crippen LogP contribution is -2.11. The molecule has 3 heteroatoms. The third kappa shape index (κ3) is 3.67. The van der Waals surface area contributed by atoms with Crippen LogP contribution in [0.5, 0.6) is 0 Å². The van der Waals surface area contributed by atoms with E-state index < -0.39 is 6.10 Å². The Labute approximate surface area is 101 Å². The maximum absolute atomic E-state index is 10.0. The third-order valence-electron chi connectivity index (χ3n) is 2.15. The molecule has 0 bridgehead atoms. The smallest absolute Gasteiger partial charge is 0.0810 e. The van der Waals surface area contributed by atoms with Crippen molar-refractivity contribution < 1.29 is 5.11 Å². The second-order valence-electron chi connectivity index (χ2n) is 4.92. The van der Waals surface area contributed by atoms with Crippen LogP contribution in [0.4, 0.5) is 0 Å². The van der Waals surface area contributed by atoms with Crippen molar-refractivity contribution in [3.05, 3.63) is 33.8 Å². The Hall–Kier alpha value is -0.240. The second-order valence-corrected chi connectivity index (χ2v) is 5.71. The number of halogens is 2. The summed E-state index contributed by atoms with van der Waals surface area (Å²) in [6.45, 7) is 6.23. The molecule has 0 amide bonds. The molecule has 0 fully saturated rings. The van der Waals surface area contributed by atoms with E-state index in [1.807, 2.05) is 6.07 Å². The molecule has 1 aromatic rings. The van der Waals surface area contributed by atoms with Gasteiger partial charge >= 0.3 is 0 Å². The number of aliphatic hydroxyl groups is 1. The van der Waals surface area contributed by atoms with E-state index in [-0.39, 0.29) is 5.41 Å². The Morgan fingerprint density at radius 1 is 1.27 bits per heavy atom. The molecule has 0 aliphatic rings. The molecule has 0 saturated heterocycles. The van der Waals surface area contributed by atoms with Crippen molar-refractivity contribution in [1.29, 1.82) is 0 Å². The minimum atomic E-state index is -0.559. The minimum Gasteiger partial charge on any atom is -0.388 e. The van der Waals surface area contributed by atoms with Crippen molar-refractivity contribution in [2.24, 2.45) is 5.41 Å². The van der Waals surface area contributed by atoms with Crippen LogP contribution in [-0.4, -0.2) is 5.11 Å². The van der Waals surface area contributed by atoms with E-state index >= 15 is 0 Å². The largest absolute Gasteiger partial charge is 0.388 e. The van der Waals surface area contributed by atoms with Crippen LogP contribution in [0, 0.1) is 5.41 Å². The molecule has 1 unspecified atom stereocenters. The van der Waals surface area contributed by atoms with Crippen molar-refractivity contribution in [2.75, 3.05) is 0 Å². The number of hydrogen-bond acceptors (Lipinski definition) is 1. The van der Waals surface area contributed by atoms with E-state index in [2.05, 4.69) is 20.8 Å². The highest BCUT2D eigenvalue weighted by Gasteiger charge is 2.20. The van der Waals surface area contributed by atoms with E-state index in [0.717, 1.165) is 0 Å². The monoisotopic (exact) mass is 246 g/mol. The number of benzene rings is 1. The van der Waals surface area contributed by atoms with Gasteiger partial charge in [0, 0.05) is 5.56 Å². The van der Waals surface area contributed by atoms with Crippen LogP contribution in [0.2, 0.25) is 10.0 Å². The topological polar surface area (TPSA) is 20.2 Å². The van der Waals surface area contributed by atoms with Crippen molar-refractivity contribution in [1.82, 2.24) is 0 Å². The summed E-state index contributed by atoms with van der Waals surface area (Å²) in [4.78, 5) is 0. The summed E-state index contributed by atoms with van der Waals surface area (Å²) in [7, 11) is 0. The Balaban J connectivity index is 2.92. The van der Waals surface area contributed by atoms with E-state index in [0.29, 0.717) is 22.0 Å². The first-order valence-corrected chi connectivity index (χ1v) is 5.69. The molecule has 0 radical (unpaired) electrons. The zero-order valence-electron chi connectivity index (χ0n) is 9.22. The summed E-state index contributed by atoms with van der Waals surface area (Å²) in [5.41, 5.74) is 0.768. The second kappa shape index (κ2) is 4.73. The molecule has 1 atom stereocenters. The van der Waals surface area contributed by atoms with Crippen molar-refractivity contribution in [3.8, 4) is 0 Å². The molecular formula is C12H16Cl2O. The summed E-state index contributed by atoms with van der Waals surface area (Å²) < 4.78 is 0. The fourth-order valence-electron chi connectivity index (χ4n) is 1.47. The minimum absolute atomic E-state index is 0.0606. The molecule has 1 nitrogen and oxygen atoms in total. The highest BCUT2D eigenvalue weighted by Crippen LogP contribution is 2.35. The van der Waals surface area contributed by atoms with Gasteiger partial charge in [0.15, 0.2) is 0 Å². The van der Waals surface area contributed by atoms with Gasteiger partial charge in [-0.15, -0.1) is 0 Å². The Morgan fingerprint density at radius 2 is 1.87 bits per heavy atom. The first kappa shape index (κ1) is 12.8. The van der Waals surface area contributed by atoms with Gasteiger partial charge in [-0.1, -0.05) is 56.1 Å². The van der Waals surface area contributed by atoms with Gasteiger partial charge in [-0.3, -0.25) is 0 Å². The molecule has 1 rings (SSSR count). The maximum atomic E-state index is 10.0. The molecular weight excluding hydrogens is 231 g/mol. The predicted molar refractivity (Wildman–Crippen MR) is 65.5 cm³/mol. The third-order valence-corrected chi connectivity index (χ3v) is 2.98. The number of rotatable bonds is 2. The molecule has 1 aromatic carbocycles. The molecule has 0 aromatic heterocycles. The first-order valence-electron chi connectivity index (χ1n) is 4.93. The molecule has 84 valence electrons. The van der Waals surface area contributed by atoms with Gasteiger partial charge in [0.05, 0.1) is 16.1 Å². The van der Waals surface area contributed by atoms with Gasteiger partial charge in [-0.05, 0) is 17.9 Å². The van der Waals surface area contributed by atoms with E-state index in [1.165, 1.54) is 0 Å². The average molecular weight is 247 g/mol. The molecule has 1 N–H and O–H groups in total. The number of hydrogen-bond donors (Lipinski definition) is 1. The molecule has 0 saturated carbocycles. The van der Waals surface area contributed by atoms with Crippen LogP contribution in [0.25, 0.3) is 0 Å². The Bertz CT molecular complexity index is 342. The van der Waals surface area contributed by atoms with Crippen LogP contribution in [0.15, 0.2) is 18.2 Å². The standard InChI is InChI=1S/C12H16Cl2O/c1-12(2,3)7-10(15)8-5-4-6-9(13)11(8)14/h4-6,10,15H,7H2,1-3H3. The zero-order valence-corrected chi connectivity index (χ0v) is 10.7. The fraction of sp³-hybridized carbons (Fsp3) is 0.500. The first-order chi connectivity index (χ1) is 6.81. The summed E-state index contributed by atoms with van der Waals surface area (Å²) in [6, 6.07) is 5.33. The zero-order chi connectivity index (χ0) is 11.6. The molecule has 0 aliphatic heterocycles. The van der Waals surface area contributed by atoms with Crippen molar-refractivity contribution in [3.63, 3.8) is 0 Å². The maximum Gasteiger partial charge on any atom is 0.0810 e. The summed E-state index contributed by atoms with van der Waals surface area (Å²) in [6.07, 6.45) is 0.101. The molecule has 0 spiro atoms. The van der Waals surface area contributed by atoms with Gasteiger partial charge in [0.1, 0.15) is 0 Å². The SMILES string of the molecule is CC(C)(C)CC(O)c1cccc(Cl)c1Cl. The molecule has 15 heavy (non-hydrogen) atoms. The normalized spacial score (nSPS) is 14.0. The van der Waals surface area contributed by atoms with Gasteiger partial charge in [-0.2, -0.15) is 0 Å². The lowest BCUT2D eigenvalue weighted by molar-refractivity contribution is 0.122. The van der Waals surface area contributed by atoms with Crippen LogP contribution >= 0.6 is 23.2 Å². The van der Waals surface area contributed by atoms with Gasteiger partial charge in [0.25, 0.3) is 0 Å². The van der Waals surface area contributed by atoms with E-state index in [9.17, 15) is 5.11 Å². The summed E-state index contributed by atoms with van der Waals surface area (Å²) in [5.74, 6) is 0. The predicted octanol–water partition coefficient (Wildman–Crippen LogP) is 4.46. The van der Waals surface area contributed by atoms with Gasteiger partial charge in [-0.25, -0.2) is 0 Å². The van der Waals surface area contributed by atoms with Crippen molar-refractivity contribution in [2.45, 2.75) is 33.3 Å². The average Bonchev–Trinajstić information content (AvgIpc) is 2.06. The highest BCUT2D eigenvalue weighted by molar-refractivity contribution is 6.42. The summed E-state index contributed by atoms with van der Waals surface area (Å²) in [5, 5.41) is 11.0. The van der Waals surface area contributed by atoms with Crippen LogP contribution < -0.4 is 0 Å². The highest BCUT2D eigenvalue weighted by atomic mass is 35.5. The lowest BCUT2D eigenvalue weighted by atomic mass is 9.87. The van der Waals surface area contributed by atoms with E-state index in [1.54, 1.807) is 12.1 Å². The Morgan fingerprint density at radius 3 is 2.40 bits per heavy atom. The van der Waals surface area contributed by atoms with Gasteiger partial charge in [0.2, 0.25) is 0 Å². The number of aliphatic hydroxyl groups excluding tert-OH is 1. The molecule has 0 aliphatic carbocycles.